The number of carbonyl (C=O) groups is 2. The van der Waals surface area contributed by atoms with Crippen LogP contribution < -0.4 is 5.32 Å². The Balaban J connectivity index is 1.26. The number of fused-ring (bicyclic) bond motifs is 3. The van der Waals surface area contributed by atoms with Gasteiger partial charge < -0.3 is 14.8 Å². The largest absolute Gasteiger partial charge is 0.351 e. The fourth-order valence-electron chi connectivity index (χ4n) is 5.74. The lowest BCUT2D eigenvalue weighted by Gasteiger charge is -2.36. The molecule has 7 nitrogen and oxygen atoms in total. The Labute approximate surface area is 190 Å². The van der Waals surface area contributed by atoms with Gasteiger partial charge in [0.1, 0.15) is 0 Å². The number of imidazole rings is 1. The third-order valence-electron chi connectivity index (χ3n) is 7.67. The normalized spacial score (nSPS) is 22.8. The van der Waals surface area contributed by atoms with Gasteiger partial charge in [-0.2, -0.15) is 0 Å². The second-order valence-electron chi connectivity index (χ2n) is 9.72. The van der Waals surface area contributed by atoms with Crippen molar-refractivity contribution in [2.24, 2.45) is 0 Å². The maximum Gasteiger partial charge on any atom is 0.290 e. The van der Waals surface area contributed by atoms with Crippen molar-refractivity contribution in [3.8, 4) is 0 Å². The van der Waals surface area contributed by atoms with E-state index in [0.717, 1.165) is 50.1 Å². The van der Waals surface area contributed by atoms with Crippen LogP contribution in [0.15, 0.2) is 18.2 Å². The van der Waals surface area contributed by atoms with Gasteiger partial charge in [0.15, 0.2) is 5.82 Å². The standard InChI is InChI=1S/C25H35N5O2/c1-18-7-5-6-13-28(18)14-12-26-24(31)19-10-11-22-21(17-19)27-23-25(32)29(15-16-30(22)23)20-8-3-2-4-9-20/h10-11,17-18,20H,2-9,12-16H2,1H3,(H,26,31). The third kappa shape index (κ3) is 4.15. The lowest BCUT2D eigenvalue weighted by Crippen LogP contribution is -2.47. The monoisotopic (exact) mass is 437 g/mol. The molecule has 1 atom stereocenters. The Morgan fingerprint density at radius 1 is 1.06 bits per heavy atom. The number of likely N-dealkylation sites (tertiary alicyclic amines) is 1. The van der Waals surface area contributed by atoms with Crippen LogP contribution in [0.4, 0.5) is 0 Å². The summed E-state index contributed by atoms with van der Waals surface area (Å²) in [7, 11) is 0. The van der Waals surface area contributed by atoms with Gasteiger partial charge in [-0.25, -0.2) is 4.98 Å². The second kappa shape index (κ2) is 9.22. The van der Waals surface area contributed by atoms with Crippen LogP contribution in [0.3, 0.4) is 0 Å². The van der Waals surface area contributed by atoms with E-state index in [4.69, 9.17) is 0 Å². The summed E-state index contributed by atoms with van der Waals surface area (Å²) in [5, 5.41) is 3.06. The Morgan fingerprint density at radius 3 is 2.69 bits per heavy atom. The first-order valence-corrected chi connectivity index (χ1v) is 12.5. The Bertz CT molecular complexity index is 994. The van der Waals surface area contributed by atoms with Gasteiger partial charge >= 0.3 is 0 Å². The van der Waals surface area contributed by atoms with Crippen molar-refractivity contribution in [1.82, 2.24) is 24.7 Å². The van der Waals surface area contributed by atoms with Crippen LogP contribution in [0.2, 0.25) is 0 Å². The number of hydrogen-bond acceptors (Lipinski definition) is 4. The first-order chi connectivity index (χ1) is 15.6. The summed E-state index contributed by atoms with van der Waals surface area (Å²) in [5.74, 6) is 0.493. The van der Waals surface area contributed by atoms with Crippen molar-refractivity contribution >= 4 is 22.8 Å². The summed E-state index contributed by atoms with van der Waals surface area (Å²) in [6.07, 6.45) is 9.70. The van der Waals surface area contributed by atoms with E-state index in [1.807, 2.05) is 27.7 Å². The van der Waals surface area contributed by atoms with Crippen LogP contribution in [0.1, 0.15) is 79.3 Å². The van der Waals surface area contributed by atoms with Crippen LogP contribution >= 0.6 is 0 Å². The molecule has 172 valence electrons. The van der Waals surface area contributed by atoms with Crippen molar-refractivity contribution in [1.29, 1.82) is 0 Å². The molecule has 0 spiro atoms. The van der Waals surface area contributed by atoms with Gasteiger partial charge in [-0.3, -0.25) is 14.5 Å². The summed E-state index contributed by atoms with van der Waals surface area (Å²) < 4.78 is 2.02. The van der Waals surface area contributed by atoms with E-state index in [-0.39, 0.29) is 11.8 Å². The van der Waals surface area contributed by atoms with Crippen LogP contribution in [-0.4, -0.2) is 69.4 Å². The first kappa shape index (κ1) is 21.4. The zero-order valence-corrected chi connectivity index (χ0v) is 19.2. The molecule has 7 heteroatoms. The van der Waals surface area contributed by atoms with Crippen molar-refractivity contribution in [2.75, 3.05) is 26.2 Å². The number of piperidine rings is 1. The minimum absolute atomic E-state index is 0.0426. The molecule has 1 saturated carbocycles. The Kier molecular flexibility index (Phi) is 6.17. The highest BCUT2D eigenvalue weighted by molar-refractivity contribution is 6.00. The molecule has 1 aliphatic carbocycles. The van der Waals surface area contributed by atoms with Gasteiger partial charge in [-0.1, -0.05) is 25.7 Å². The number of rotatable bonds is 5. The van der Waals surface area contributed by atoms with Gasteiger partial charge in [0.25, 0.3) is 11.8 Å². The summed E-state index contributed by atoms with van der Waals surface area (Å²) in [6.45, 7) is 6.45. The van der Waals surface area contributed by atoms with Crippen molar-refractivity contribution in [3.05, 3.63) is 29.6 Å². The highest BCUT2D eigenvalue weighted by Crippen LogP contribution is 2.28. The molecule has 2 aromatic rings. The molecular formula is C25H35N5O2. The lowest BCUT2D eigenvalue weighted by molar-refractivity contribution is 0.0566. The van der Waals surface area contributed by atoms with Crippen molar-refractivity contribution in [2.45, 2.75) is 76.9 Å². The zero-order valence-electron chi connectivity index (χ0n) is 19.2. The number of nitrogens with zero attached hydrogens (tertiary/aromatic N) is 4. The number of hydrogen-bond donors (Lipinski definition) is 1. The van der Waals surface area contributed by atoms with Crippen LogP contribution in [0, 0.1) is 0 Å². The van der Waals surface area contributed by atoms with Crippen LogP contribution in [0.5, 0.6) is 0 Å². The smallest absolute Gasteiger partial charge is 0.290 e. The third-order valence-corrected chi connectivity index (χ3v) is 7.67. The average molecular weight is 438 g/mol. The molecule has 1 aromatic heterocycles. The fraction of sp³-hybridized carbons (Fsp3) is 0.640. The van der Waals surface area contributed by atoms with E-state index >= 15 is 0 Å². The Hall–Kier alpha value is -2.41. The van der Waals surface area contributed by atoms with Gasteiger partial charge in [0, 0.05) is 43.8 Å². The van der Waals surface area contributed by atoms with E-state index in [9.17, 15) is 9.59 Å². The minimum atomic E-state index is -0.0716. The predicted molar refractivity (Wildman–Crippen MR) is 125 cm³/mol. The fourth-order valence-corrected chi connectivity index (χ4v) is 5.74. The molecule has 1 N–H and O–H groups in total. The summed E-state index contributed by atoms with van der Waals surface area (Å²) >= 11 is 0. The maximum atomic E-state index is 13.2. The van der Waals surface area contributed by atoms with E-state index < -0.39 is 0 Å². The molecular weight excluding hydrogens is 402 g/mol. The molecule has 5 rings (SSSR count). The van der Waals surface area contributed by atoms with Crippen molar-refractivity contribution < 1.29 is 9.59 Å². The quantitative estimate of drug-likeness (QED) is 0.778. The molecule has 2 fully saturated rings. The Morgan fingerprint density at radius 2 is 1.88 bits per heavy atom. The highest BCUT2D eigenvalue weighted by Gasteiger charge is 2.33. The number of amides is 2. The van der Waals surface area contributed by atoms with Crippen molar-refractivity contribution in [3.63, 3.8) is 0 Å². The van der Waals surface area contributed by atoms with Gasteiger partial charge in [0.05, 0.1) is 11.0 Å². The molecule has 32 heavy (non-hydrogen) atoms. The van der Waals surface area contributed by atoms with Gasteiger partial charge in [0.2, 0.25) is 0 Å². The number of carbonyl (C=O) groups excluding carboxylic acids is 2. The molecule has 1 saturated heterocycles. The average Bonchev–Trinajstić information content (AvgIpc) is 3.20. The molecule has 3 aliphatic rings. The maximum absolute atomic E-state index is 13.2. The molecule has 2 aliphatic heterocycles. The van der Waals surface area contributed by atoms with E-state index in [1.54, 1.807) is 0 Å². The molecule has 2 amide bonds. The number of aromatic nitrogens is 2. The molecule has 1 aromatic carbocycles. The number of benzene rings is 1. The SMILES string of the molecule is CC1CCCCN1CCNC(=O)c1ccc2c(c1)nc1n2CCN(C2CCCCC2)C1=O. The summed E-state index contributed by atoms with van der Waals surface area (Å²) in [4.78, 5) is 35.1. The lowest BCUT2D eigenvalue weighted by atomic mass is 9.94. The summed E-state index contributed by atoms with van der Waals surface area (Å²) in [5.41, 5.74) is 2.28. The molecule has 1 unspecified atom stereocenters. The predicted octanol–water partition coefficient (Wildman–Crippen LogP) is 3.43. The number of nitrogens with one attached hydrogen (secondary N) is 1. The second-order valence-corrected chi connectivity index (χ2v) is 9.72. The minimum Gasteiger partial charge on any atom is -0.351 e. The van der Waals surface area contributed by atoms with Crippen LogP contribution in [-0.2, 0) is 6.54 Å². The van der Waals surface area contributed by atoms with E-state index in [0.29, 0.717) is 30.0 Å². The van der Waals surface area contributed by atoms with Gasteiger partial charge in [-0.15, -0.1) is 0 Å². The van der Waals surface area contributed by atoms with E-state index in [1.165, 1.54) is 38.5 Å². The first-order valence-electron chi connectivity index (χ1n) is 12.5. The molecule has 0 bridgehead atoms. The molecule has 3 heterocycles. The van der Waals surface area contributed by atoms with Crippen LogP contribution in [0.25, 0.3) is 11.0 Å². The highest BCUT2D eigenvalue weighted by atomic mass is 16.2. The zero-order chi connectivity index (χ0) is 22.1. The molecule has 0 radical (unpaired) electrons. The van der Waals surface area contributed by atoms with Gasteiger partial charge in [-0.05, 0) is 57.4 Å². The summed E-state index contributed by atoms with van der Waals surface area (Å²) in [6, 6.07) is 6.58. The topological polar surface area (TPSA) is 70.5 Å². The van der Waals surface area contributed by atoms with E-state index in [2.05, 4.69) is 22.1 Å².